The molecule has 9 heteroatoms. The third-order valence-electron chi connectivity index (χ3n) is 5.43. The monoisotopic (exact) mass is 446 g/mol. The quantitative estimate of drug-likeness (QED) is 0.733. The number of benzene rings is 2. The summed E-state index contributed by atoms with van der Waals surface area (Å²) in [4.78, 5) is 14.7. The van der Waals surface area contributed by atoms with Crippen molar-refractivity contribution in [2.45, 2.75) is 30.7 Å². The van der Waals surface area contributed by atoms with E-state index in [0.29, 0.717) is 43.6 Å². The Balaban J connectivity index is 1.53. The summed E-state index contributed by atoms with van der Waals surface area (Å²) in [5, 5.41) is 0. The van der Waals surface area contributed by atoms with Gasteiger partial charge in [0.1, 0.15) is 19.0 Å². The Morgan fingerprint density at radius 2 is 1.77 bits per heavy atom. The molecule has 1 fully saturated rings. The minimum absolute atomic E-state index is 0.0196. The number of amides is 1. The van der Waals surface area contributed by atoms with E-state index >= 15 is 0 Å². The van der Waals surface area contributed by atoms with Crippen LogP contribution in [0.25, 0.3) is 0 Å². The first-order valence-electron chi connectivity index (χ1n) is 10.3. The third-order valence-corrected chi connectivity index (χ3v) is 6.83. The molecular weight excluding hydrogens is 420 g/mol. The first-order valence-corrected chi connectivity index (χ1v) is 11.8. The first kappa shape index (κ1) is 21.5. The van der Waals surface area contributed by atoms with Crippen molar-refractivity contribution in [3.05, 3.63) is 47.5 Å². The van der Waals surface area contributed by atoms with Crippen LogP contribution in [-0.2, 0) is 16.6 Å². The van der Waals surface area contributed by atoms with Gasteiger partial charge in [0, 0.05) is 19.6 Å². The van der Waals surface area contributed by atoms with E-state index in [1.165, 1.54) is 25.3 Å². The summed E-state index contributed by atoms with van der Waals surface area (Å²) in [6, 6.07) is 9.67. The second kappa shape index (κ2) is 9.15. The maximum Gasteiger partial charge on any atom is 0.257 e. The van der Waals surface area contributed by atoms with Gasteiger partial charge in [-0.05, 0) is 55.2 Å². The molecular formula is C22H26N2O6S. The minimum atomic E-state index is -3.84. The van der Waals surface area contributed by atoms with Crippen LogP contribution in [0.15, 0.2) is 41.3 Å². The molecule has 0 aromatic heterocycles. The van der Waals surface area contributed by atoms with Gasteiger partial charge in [0.25, 0.3) is 5.91 Å². The maximum atomic E-state index is 13.0. The fraction of sp³-hybridized carbons (Fsp3) is 0.409. The van der Waals surface area contributed by atoms with E-state index in [2.05, 4.69) is 4.72 Å². The number of sulfonamides is 1. The van der Waals surface area contributed by atoms with Crippen molar-refractivity contribution in [3.8, 4) is 17.2 Å². The summed E-state index contributed by atoms with van der Waals surface area (Å²) in [6.45, 7) is 2.37. The SMILES string of the molecule is COc1ccc(S(=O)(=O)NCc2ccc3c(c2)OCCO3)cc1C(=O)N1CCCCC1. The van der Waals surface area contributed by atoms with E-state index in [4.69, 9.17) is 14.2 Å². The molecule has 2 aromatic carbocycles. The molecule has 166 valence electrons. The standard InChI is InChI=1S/C22H26N2O6S/c1-28-19-8-6-17(14-18(19)22(25)24-9-3-2-4-10-24)31(26,27)23-15-16-5-7-20-21(13-16)30-12-11-29-20/h5-8,13-14,23H,2-4,9-12,15H2,1H3. The fourth-order valence-corrected chi connectivity index (χ4v) is 4.79. The lowest BCUT2D eigenvalue weighted by Crippen LogP contribution is -2.36. The summed E-state index contributed by atoms with van der Waals surface area (Å²) in [5.74, 6) is 1.40. The Kier molecular flexibility index (Phi) is 6.33. The largest absolute Gasteiger partial charge is 0.496 e. The third kappa shape index (κ3) is 4.77. The number of methoxy groups -OCH3 is 1. The lowest BCUT2D eigenvalue weighted by molar-refractivity contribution is 0.0720. The number of nitrogens with zero attached hydrogens (tertiary/aromatic N) is 1. The van der Waals surface area contributed by atoms with Crippen LogP contribution in [0, 0.1) is 0 Å². The number of nitrogens with one attached hydrogen (secondary N) is 1. The van der Waals surface area contributed by atoms with Gasteiger partial charge in [-0.2, -0.15) is 0 Å². The van der Waals surface area contributed by atoms with Crippen molar-refractivity contribution >= 4 is 15.9 Å². The second-order valence-electron chi connectivity index (χ2n) is 7.52. The minimum Gasteiger partial charge on any atom is -0.496 e. The van der Waals surface area contributed by atoms with E-state index in [0.717, 1.165) is 24.8 Å². The number of hydrogen-bond acceptors (Lipinski definition) is 6. The van der Waals surface area contributed by atoms with Gasteiger partial charge >= 0.3 is 0 Å². The molecule has 31 heavy (non-hydrogen) atoms. The normalized spacial score (nSPS) is 16.1. The Morgan fingerprint density at radius 3 is 2.52 bits per heavy atom. The highest BCUT2D eigenvalue weighted by molar-refractivity contribution is 7.89. The van der Waals surface area contributed by atoms with Crippen molar-refractivity contribution in [1.29, 1.82) is 0 Å². The molecule has 4 rings (SSSR count). The van der Waals surface area contributed by atoms with Crippen LogP contribution < -0.4 is 18.9 Å². The summed E-state index contributed by atoms with van der Waals surface area (Å²) < 4.78 is 44.8. The predicted molar refractivity (Wildman–Crippen MR) is 114 cm³/mol. The van der Waals surface area contributed by atoms with Gasteiger partial charge in [0.2, 0.25) is 10.0 Å². The van der Waals surface area contributed by atoms with Crippen LogP contribution in [-0.4, -0.2) is 52.6 Å². The fourth-order valence-electron chi connectivity index (χ4n) is 3.75. The number of carbonyl (C=O) groups excluding carboxylic acids is 1. The van der Waals surface area contributed by atoms with Gasteiger partial charge in [0.15, 0.2) is 11.5 Å². The highest BCUT2D eigenvalue weighted by Crippen LogP contribution is 2.31. The van der Waals surface area contributed by atoms with Crippen molar-refractivity contribution < 1.29 is 27.4 Å². The number of likely N-dealkylation sites (tertiary alicyclic amines) is 1. The van der Waals surface area contributed by atoms with Crippen LogP contribution in [0.5, 0.6) is 17.2 Å². The average Bonchev–Trinajstić information content (AvgIpc) is 2.82. The molecule has 2 aliphatic heterocycles. The summed E-state index contributed by atoms with van der Waals surface area (Å²) in [7, 11) is -2.37. The molecule has 0 aliphatic carbocycles. The molecule has 2 aliphatic rings. The molecule has 0 radical (unpaired) electrons. The Bertz CT molecular complexity index is 1060. The molecule has 2 aromatic rings. The van der Waals surface area contributed by atoms with Gasteiger partial charge in [-0.3, -0.25) is 4.79 Å². The van der Waals surface area contributed by atoms with E-state index in [1.54, 1.807) is 23.1 Å². The Hall–Kier alpha value is -2.78. The number of rotatable bonds is 6. The number of ether oxygens (including phenoxy) is 3. The highest BCUT2D eigenvalue weighted by atomic mass is 32.2. The molecule has 0 spiro atoms. The van der Waals surface area contributed by atoms with E-state index in [1.807, 2.05) is 0 Å². The van der Waals surface area contributed by atoms with Crippen LogP contribution >= 0.6 is 0 Å². The van der Waals surface area contributed by atoms with Crippen LogP contribution in [0.3, 0.4) is 0 Å². The molecule has 0 unspecified atom stereocenters. The smallest absolute Gasteiger partial charge is 0.257 e. The molecule has 1 saturated heterocycles. The maximum absolute atomic E-state index is 13.0. The Morgan fingerprint density at radius 1 is 1.03 bits per heavy atom. The first-order chi connectivity index (χ1) is 15.0. The lowest BCUT2D eigenvalue weighted by Gasteiger charge is -2.27. The molecule has 8 nitrogen and oxygen atoms in total. The van der Waals surface area contributed by atoms with E-state index in [9.17, 15) is 13.2 Å². The highest BCUT2D eigenvalue weighted by Gasteiger charge is 2.24. The lowest BCUT2D eigenvalue weighted by atomic mass is 10.1. The van der Waals surface area contributed by atoms with Crippen molar-refractivity contribution in [2.75, 3.05) is 33.4 Å². The van der Waals surface area contributed by atoms with Crippen molar-refractivity contribution in [1.82, 2.24) is 9.62 Å². The number of carbonyl (C=O) groups is 1. The van der Waals surface area contributed by atoms with E-state index < -0.39 is 10.0 Å². The van der Waals surface area contributed by atoms with Crippen LogP contribution in [0.2, 0.25) is 0 Å². The van der Waals surface area contributed by atoms with Gasteiger partial charge < -0.3 is 19.1 Å². The zero-order chi connectivity index (χ0) is 21.8. The van der Waals surface area contributed by atoms with Gasteiger partial charge in [-0.15, -0.1) is 0 Å². The zero-order valence-corrected chi connectivity index (χ0v) is 18.2. The second-order valence-corrected chi connectivity index (χ2v) is 9.28. The molecule has 1 N–H and O–H groups in total. The van der Waals surface area contributed by atoms with Crippen molar-refractivity contribution in [3.63, 3.8) is 0 Å². The van der Waals surface area contributed by atoms with Crippen molar-refractivity contribution in [2.24, 2.45) is 0 Å². The zero-order valence-electron chi connectivity index (χ0n) is 17.4. The molecule has 0 saturated carbocycles. The van der Waals surface area contributed by atoms with Crippen LogP contribution in [0.4, 0.5) is 0 Å². The van der Waals surface area contributed by atoms with Gasteiger partial charge in [-0.1, -0.05) is 6.07 Å². The topological polar surface area (TPSA) is 94.2 Å². The van der Waals surface area contributed by atoms with Gasteiger partial charge in [0.05, 0.1) is 17.6 Å². The predicted octanol–water partition coefficient (Wildman–Crippen LogP) is 2.57. The van der Waals surface area contributed by atoms with E-state index in [-0.39, 0.29) is 22.9 Å². The Labute approximate surface area is 182 Å². The molecule has 0 atom stereocenters. The summed E-state index contributed by atoms with van der Waals surface area (Å²) in [6.07, 6.45) is 2.99. The average molecular weight is 447 g/mol. The molecule has 1 amide bonds. The van der Waals surface area contributed by atoms with Crippen LogP contribution in [0.1, 0.15) is 35.2 Å². The number of piperidine rings is 1. The summed E-state index contributed by atoms with van der Waals surface area (Å²) in [5.41, 5.74) is 0.998. The molecule has 0 bridgehead atoms. The number of fused-ring (bicyclic) bond motifs is 1. The molecule has 2 heterocycles. The number of hydrogen-bond donors (Lipinski definition) is 1. The van der Waals surface area contributed by atoms with Gasteiger partial charge in [-0.25, -0.2) is 13.1 Å². The summed E-state index contributed by atoms with van der Waals surface area (Å²) >= 11 is 0.